The summed E-state index contributed by atoms with van der Waals surface area (Å²) in [7, 11) is 3.79. The number of allylic oxidation sites excluding steroid dienone is 1. The van der Waals surface area contributed by atoms with Gasteiger partial charge in [-0.15, -0.1) is 0 Å². The SMILES string of the molecule is CCCCCC/C(O)=C/[N+](C)(C)CC(CC)C(=O)[O-]. The molecule has 0 aromatic rings. The Morgan fingerprint density at radius 1 is 1.26 bits per heavy atom. The van der Waals surface area contributed by atoms with Crippen molar-refractivity contribution in [3.05, 3.63) is 12.0 Å². The van der Waals surface area contributed by atoms with Crippen molar-refractivity contribution in [2.24, 2.45) is 5.92 Å². The van der Waals surface area contributed by atoms with Crippen LogP contribution in [0.1, 0.15) is 52.4 Å². The maximum Gasteiger partial charge on any atom is 0.145 e. The first-order chi connectivity index (χ1) is 8.82. The number of carboxylic acids is 1. The van der Waals surface area contributed by atoms with E-state index in [1.165, 1.54) is 12.8 Å². The van der Waals surface area contributed by atoms with Gasteiger partial charge < -0.3 is 15.0 Å². The number of carboxylic acid groups (broad SMARTS) is 1. The molecular weight excluding hydrogens is 242 g/mol. The van der Waals surface area contributed by atoms with Crippen molar-refractivity contribution in [1.29, 1.82) is 0 Å². The molecule has 0 heterocycles. The molecule has 0 rings (SSSR count). The summed E-state index contributed by atoms with van der Waals surface area (Å²) in [5, 5.41) is 20.8. The molecule has 0 aliphatic heterocycles. The summed E-state index contributed by atoms with van der Waals surface area (Å²) in [5.74, 6) is -1.13. The van der Waals surface area contributed by atoms with Crippen LogP contribution in [0.15, 0.2) is 12.0 Å². The molecule has 0 radical (unpaired) electrons. The molecule has 0 spiro atoms. The van der Waals surface area contributed by atoms with Crippen LogP contribution in [-0.2, 0) is 4.79 Å². The van der Waals surface area contributed by atoms with Crippen molar-refractivity contribution >= 4 is 5.97 Å². The standard InChI is InChI=1S/C15H29NO3/c1-5-7-8-9-10-14(17)12-16(3,4)11-13(6-2)15(18)19/h12-13H,5-11H2,1-4H3,(H-,17,18,19)/b14-12-. The molecule has 0 aromatic carbocycles. The largest absolute Gasteiger partial charge is 0.550 e. The number of quaternary nitrogens is 1. The Labute approximate surface area is 117 Å². The summed E-state index contributed by atoms with van der Waals surface area (Å²) in [6, 6.07) is 0. The number of unbranched alkanes of at least 4 members (excludes halogenated alkanes) is 3. The zero-order chi connectivity index (χ0) is 14.9. The average Bonchev–Trinajstić information content (AvgIpc) is 2.30. The Hall–Kier alpha value is -1.03. The molecule has 1 atom stereocenters. The first-order valence-corrected chi connectivity index (χ1v) is 7.26. The van der Waals surface area contributed by atoms with Gasteiger partial charge in [0.15, 0.2) is 0 Å². The molecule has 0 aromatic heterocycles. The van der Waals surface area contributed by atoms with Crippen LogP contribution >= 0.6 is 0 Å². The predicted molar refractivity (Wildman–Crippen MR) is 75.2 cm³/mol. The van der Waals surface area contributed by atoms with Crippen LogP contribution in [0, 0.1) is 5.92 Å². The van der Waals surface area contributed by atoms with Crippen molar-refractivity contribution in [3.8, 4) is 0 Å². The lowest BCUT2D eigenvalue weighted by Gasteiger charge is -2.30. The third kappa shape index (κ3) is 8.65. The van der Waals surface area contributed by atoms with Crippen LogP contribution in [-0.4, -0.2) is 36.2 Å². The summed E-state index contributed by atoms with van der Waals surface area (Å²) in [5.41, 5.74) is 0. The van der Waals surface area contributed by atoms with Gasteiger partial charge in [0.05, 0.1) is 26.6 Å². The molecule has 1 unspecified atom stereocenters. The van der Waals surface area contributed by atoms with Crippen molar-refractivity contribution < 1.29 is 19.5 Å². The fourth-order valence-electron chi connectivity index (χ4n) is 2.19. The molecule has 4 nitrogen and oxygen atoms in total. The molecule has 0 fully saturated rings. The number of nitrogens with zero attached hydrogens (tertiary/aromatic N) is 1. The van der Waals surface area contributed by atoms with Crippen molar-refractivity contribution in [3.63, 3.8) is 0 Å². The van der Waals surface area contributed by atoms with E-state index in [0.717, 1.165) is 12.8 Å². The molecule has 19 heavy (non-hydrogen) atoms. The number of carbonyl (C=O) groups is 1. The van der Waals surface area contributed by atoms with Crippen LogP contribution in [0.4, 0.5) is 0 Å². The maximum absolute atomic E-state index is 10.9. The first kappa shape index (κ1) is 18.0. The second kappa shape index (κ2) is 8.97. The molecule has 0 amide bonds. The summed E-state index contributed by atoms with van der Waals surface area (Å²) < 4.78 is 0.367. The normalized spacial score (nSPS) is 14.4. The number of aliphatic carboxylic acids is 1. The molecule has 0 aliphatic carbocycles. The second-order valence-electron chi connectivity index (χ2n) is 5.82. The number of aliphatic hydroxyl groups excluding tert-OH is 1. The highest BCUT2D eigenvalue weighted by molar-refractivity contribution is 5.67. The van der Waals surface area contributed by atoms with Gasteiger partial charge in [-0.2, -0.15) is 0 Å². The molecule has 4 heteroatoms. The Balaban J connectivity index is 4.34. The van der Waals surface area contributed by atoms with E-state index < -0.39 is 11.9 Å². The van der Waals surface area contributed by atoms with Gasteiger partial charge in [-0.1, -0.05) is 33.1 Å². The summed E-state index contributed by atoms with van der Waals surface area (Å²) >= 11 is 0. The van der Waals surface area contributed by atoms with Gasteiger partial charge in [-0.3, -0.25) is 4.48 Å². The van der Waals surface area contributed by atoms with Crippen LogP contribution in [0.5, 0.6) is 0 Å². The zero-order valence-electron chi connectivity index (χ0n) is 12.8. The minimum Gasteiger partial charge on any atom is -0.550 e. The summed E-state index contributed by atoms with van der Waals surface area (Å²) in [6.07, 6.45) is 7.44. The second-order valence-corrected chi connectivity index (χ2v) is 5.82. The lowest BCUT2D eigenvalue weighted by Crippen LogP contribution is -2.44. The highest BCUT2D eigenvalue weighted by atomic mass is 16.4. The average molecular weight is 271 g/mol. The lowest BCUT2D eigenvalue weighted by molar-refractivity contribution is -0.842. The molecular formula is C15H29NO3. The Bertz CT molecular complexity index is 298. The lowest BCUT2D eigenvalue weighted by atomic mass is 10.1. The van der Waals surface area contributed by atoms with Crippen molar-refractivity contribution in [2.45, 2.75) is 52.4 Å². The fraction of sp³-hybridized carbons (Fsp3) is 0.800. The molecule has 1 N–H and O–H groups in total. The van der Waals surface area contributed by atoms with Crippen molar-refractivity contribution in [2.75, 3.05) is 20.6 Å². The topological polar surface area (TPSA) is 60.4 Å². The van der Waals surface area contributed by atoms with E-state index in [1.54, 1.807) is 6.20 Å². The van der Waals surface area contributed by atoms with Crippen LogP contribution in [0.25, 0.3) is 0 Å². The van der Waals surface area contributed by atoms with Gasteiger partial charge in [-0.05, 0) is 12.8 Å². The summed E-state index contributed by atoms with van der Waals surface area (Å²) in [4.78, 5) is 10.9. The molecule has 112 valence electrons. The van der Waals surface area contributed by atoms with E-state index in [9.17, 15) is 15.0 Å². The van der Waals surface area contributed by atoms with Gasteiger partial charge in [0.1, 0.15) is 12.0 Å². The smallest absolute Gasteiger partial charge is 0.145 e. The van der Waals surface area contributed by atoms with E-state index in [2.05, 4.69) is 6.92 Å². The molecule has 0 bridgehead atoms. The monoisotopic (exact) mass is 271 g/mol. The van der Waals surface area contributed by atoms with Crippen LogP contribution in [0.3, 0.4) is 0 Å². The van der Waals surface area contributed by atoms with Gasteiger partial charge >= 0.3 is 0 Å². The van der Waals surface area contributed by atoms with E-state index in [1.807, 2.05) is 21.0 Å². The molecule has 0 saturated carbocycles. The number of rotatable bonds is 10. The predicted octanol–water partition coefficient (Wildman–Crippen LogP) is 2.21. The van der Waals surface area contributed by atoms with Crippen LogP contribution < -0.4 is 5.11 Å². The Morgan fingerprint density at radius 3 is 2.37 bits per heavy atom. The van der Waals surface area contributed by atoms with Gasteiger partial charge in [0.25, 0.3) is 0 Å². The first-order valence-electron chi connectivity index (χ1n) is 7.26. The quantitative estimate of drug-likeness (QED) is 0.376. The number of aliphatic hydroxyl groups is 1. The fourth-order valence-corrected chi connectivity index (χ4v) is 2.19. The van der Waals surface area contributed by atoms with E-state index >= 15 is 0 Å². The Kier molecular flexibility index (Phi) is 8.48. The highest BCUT2D eigenvalue weighted by Gasteiger charge is 2.21. The number of hydrogen-bond acceptors (Lipinski definition) is 3. The summed E-state index contributed by atoms with van der Waals surface area (Å²) in [6.45, 7) is 4.44. The zero-order valence-corrected chi connectivity index (χ0v) is 12.8. The minimum atomic E-state index is -1.01. The van der Waals surface area contributed by atoms with Gasteiger partial charge in [-0.25, -0.2) is 0 Å². The van der Waals surface area contributed by atoms with E-state index in [0.29, 0.717) is 29.6 Å². The van der Waals surface area contributed by atoms with Crippen LogP contribution in [0.2, 0.25) is 0 Å². The Morgan fingerprint density at radius 2 is 1.89 bits per heavy atom. The van der Waals surface area contributed by atoms with E-state index in [-0.39, 0.29) is 0 Å². The highest BCUT2D eigenvalue weighted by Crippen LogP contribution is 2.14. The number of hydrogen-bond donors (Lipinski definition) is 1. The third-order valence-electron chi connectivity index (χ3n) is 3.30. The minimum absolute atomic E-state index is 0.356. The molecule has 0 aliphatic rings. The van der Waals surface area contributed by atoms with Crippen molar-refractivity contribution in [1.82, 2.24) is 0 Å². The molecule has 0 saturated heterocycles. The third-order valence-corrected chi connectivity index (χ3v) is 3.30. The van der Waals surface area contributed by atoms with Gasteiger partial charge in [0.2, 0.25) is 0 Å². The van der Waals surface area contributed by atoms with E-state index in [4.69, 9.17) is 0 Å². The number of carbonyl (C=O) groups excluding carboxylic acids is 1. The maximum atomic E-state index is 10.9. The van der Waals surface area contributed by atoms with Gasteiger partial charge in [0, 0.05) is 12.3 Å².